The second kappa shape index (κ2) is 12.6. The minimum atomic E-state index is -0.335. The Labute approximate surface area is 250 Å². The molecule has 3 heterocycles. The van der Waals surface area contributed by atoms with Crippen molar-refractivity contribution in [2.75, 3.05) is 5.32 Å². The van der Waals surface area contributed by atoms with Crippen LogP contribution in [0.4, 0.5) is 5.69 Å². The molecule has 0 aliphatic rings. The molecular weight excluding hydrogens is 544 g/mol. The number of nitrogens with one attached hydrogen (secondary N) is 1. The van der Waals surface area contributed by atoms with E-state index in [0.29, 0.717) is 35.1 Å². The maximum absolute atomic E-state index is 13.0. The summed E-state index contributed by atoms with van der Waals surface area (Å²) >= 11 is 0. The Kier molecular flexibility index (Phi) is 8.56. The Hall–Kier alpha value is -5.38. The quantitative estimate of drug-likeness (QED) is 0.198. The maximum atomic E-state index is 13.0. The Bertz CT molecular complexity index is 1790. The fourth-order valence-corrected chi connectivity index (χ4v) is 4.52. The van der Waals surface area contributed by atoms with Crippen LogP contribution in [0.15, 0.2) is 97.4 Å². The minimum Gasteiger partial charge on any atom is -0.485 e. The number of anilines is 1. The van der Waals surface area contributed by atoms with E-state index in [-0.39, 0.29) is 17.9 Å². The molecule has 2 amide bonds. The van der Waals surface area contributed by atoms with Crippen LogP contribution in [0.1, 0.15) is 33.3 Å². The molecular formula is C33H34N6O4. The number of ether oxygens (including phenoxy) is 2. The first kappa shape index (κ1) is 29.1. The number of carbonyl (C=O) groups is 2. The molecule has 10 heteroatoms. The number of benzene rings is 2. The van der Waals surface area contributed by atoms with Crippen molar-refractivity contribution in [3.05, 3.63) is 103 Å². The summed E-state index contributed by atoms with van der Waals surface area (Å²) in [6.45, 7) is 7.22. The maximum Gasteiger partial charge on any atom is 0.252 e. The lowest BCUT2D eigenvalue weighted by Crippen LogP contribution is -2.31. The van der Waals surface area contributed by atoms with Gasteiger partial charge >= 0.3 is 0 Å². The van der Waals surface area contributed by atoms with Gasteiger partial charge in [-0.25, -0.2) is 9.50 Å². The fraction of sp³-hybridized carbons (Fsp3) is 0.212. The third-order valence-electron chi connectivity index (χ3n) is 6.74. The van der Waals surface area contributed by atoms with Crippen molar-refractivity contribution in [2.45, 2.75) is 40.3 Å². The second-order valence-electron chi connectivity index (χ2n) is 10.5. The van der Waals surface area contributed by atoms with Crippen molar-refractivity contribution in [1.82, 2.24) is 24.1 Å². The van der Waals surface area contributed by atoms with Crippen molar-refractivity contribution < 1.29 is 19.1 Å². The second-order valence-corrected chi connectivity index (χ2v) is 10.5. The first-order valence-corrected chi connectivity index (χ1v) is 13.9. The van der Waals surface area contributed by atoms with Crippen LogP contribution in [0.2, 0.25) is 0 Å². The minimum absolute atomic E-state index is 0.0758. The first-order valence-electron chi connectivity index (χ1n) is 13.9. The van der Waals surface area contributed by atoms with E-state index in [1.54, 1.807) is 48.4 Å². The van der Waals surface area contributed by atoms with E-state index in [4.69, 9.17) is 9.47 Å². The number of aromatic nitrogens is 4. The highest BCUT2D eigenvalue weighted by molar-refractivity contribution is 6.03. The van der Waals surface area contributed by atoms with E-state index < -0.39 is 0 Å². The summed E-state index contributed by atoms with van der Waals surface area (Å²) in [5.41, 5.74) is 4.29. The standard InChI is InChI=1S/C33H34N6O4/c1-22(2)38(24(4)40)17-23(3)33(41)36-27-11-12-30(32(16-27)42-20-25-9-7-6-8-10-25)43-31-15-26(28-19-37(5)21-34-28)18-39-29(31)13-14-35-39/h6-19,21-22H,20H2,1-5H3,(H,36,41)/b23-17+. The van der Waals surface area contributed by atoms with Gasteiger partial charge < -0.3 is 24.3 Å². The zero-order valence-corrected chi connectivity index (χ0v) is 24.8. The van der Waals surface area contributed by atoms with Gasteiger partial charge in [0.05, 0.1) is 18.2 Å². The summed E-state index contributed by atoms with van der Waals surface area (Å²) < 4.78 is 16.3. The summed E-state index contributed by atoms with van der Waals surface area (Å²) in [5, 5.41) is 7.32. The highest BCUT2D eigenvalue weighted by Gasteiger charge is 2.17. The molecule has 43 heavy (non-hydrogen) atoms. The molecule has 3 aromatic heterocycles. The molecule has 0 spiro atoms. The van der Waals surface area contributed by atoms with Crippen LogP contribution < -0.4 is 14.8 Å². The summed E-state index contributed by atoms with van der Waals surface area (Å²) in [5.74, 6) is 0.999. The normalized spacial score (nSPS) is 11.5. The zero-order chi connectivity index (χ0) is 30.5. The lowest BCUT2D eigenvalue weighted by atomic mass is 10.2. The van der Waals surface area contributed by atoms with Gasteiger partial charge in [-0.3, -0.25) is 9.59 Å². The lowest BCUT2D eigenvalue weighted by Gasteiger charge is -2.22. The molecule has 0 aliphatic carbocycles. The third-order valence-corrected chi connectivity index (χ3v) is 6.74. The van der Waals surface area contributed by atoms with Gasteiger partial charge in [0.25, 0.3) is 5.91 Å². The number of hydrogen-bond acceptors (Lipinski definition) is 6. The van der Waals surface area contributed by atoms with Crippen molar-refractivity contribution >= 4 is 23.0 Å². The third kappa shape index (κ3) is 6.92. The SMILES string of the molecule is CC(=O)N(/C=C(\C)C(=O)Nc1ccc(Oc2cc(-c3cn(C)cn3)cn3nccc23)c(OCc2ccccc2)c1)C(C)C. The van der Waals surface area contributed by atoms with Gasteiger partial charge in [0.1, 0.15) is 12.1 Å². The molecule has 2 aromatic carbocycles. The van der Waals surface area contributed by atoms with Crippen LogP contribution in [0, 0.1) is 0 Å². The highest BCUT2D eigenvalue weighted by atomic mass is 16.5. The molecule has 0 saturated carbocycles. The average molecular weight is 579 g/mol. The molecule has 0 radical (unpaired) electrons. The van der Waals surface area contributed by atoms with Gasteiger partial charge in [0.15, 0.2) is 17.2 Å². The molecule has 5 rings (SSSR count). The highest BCUT2D eigenvalue weighted by Crippen LogP contribution is 2.37. The van der Waals surface area contributed by atoms with Gasteiger partial charge in [-0.05, 0) is 50.6 Å². The Morgan fingerprint density at radius 1 is 1.00 bits per heavy atom. The predicted octanol–water partition coefficient (Wildman–Crippen LogP) is 6.21. The van der Waals surface area contributed by atoms with Crippen molar-refractivity contribution in [2.24, 2.45) is 7.05 Å². The number of rotatable bonds is 10. The van der Waals surface area contributed by atoms with E-state index >= 15 is 0 Å². The fourth-order valence-electron chi connectivity index (χ4n) is 4.52. The molecule has 10 nitrogen and oxygen atoms in total. The largest absolute Gasteiger partial charge is 0.485 e. The van der Waals surface area contributed by atoms with Gasteiger partial charge in [-0.2, -0.15) is 5.10 Å². The number of fused-ring (bicyclic) bond motifs is 1. The molecule has 0 saturated heterocycles. The molecule has 0 bridgehead atoms. The van der Waals surface area contributed by atoms with E-state index in [1.165, 1.54) is 11.8 Å². The smallest absolute Gasteiger partial charge is 0.252 e. The van der Waals surface area contributed by atoms with Crippen LogP contribution in [-0.2, 0) is 23.2 Å². The van der Waals surface area contributed by atoms with Crippen molar-refractivity contribution in [3.63, 3.8) is 0 Å². The summed E-state index contributed by atoms with van der Waals surface area (Å²) in [6.07, 6.45) is 8.84. The van der Waals surface area contributed by atoms with E-state index in [1.807, 2.05) is 80.3 Å². The first-order chi connectivity index (χ1) is 20.7. The molecule has 0 atom stereocenters. The number of carbonyl (C=O) groups excluding carboxylic acids is 2. The van der Waals surface area contributed by atoms with E-state index in [0.717, 1.165) is 22.3 Å². The molecule has 220 valence electrons. The molecule has 0 fully saturated rings. The summed E-state index contributed by atoms with van der Waals surface area (Å²) in [7, 11) is 1.91. The van der Waals surface area contributed by atoms with Crippen LogP contribution in [0.25, 0.3) is 16.8 Å². The van der Waals surface area contributed by atoms with Gasteiger partial charge in [-0.1, -0.05) is 30.3 Å². The Morgan fingerprint density at radius 3 is 2.49 bits per heavy atom. The van der Waals surface area contributed by atoms with Gasteiger partial charge in [0.2, 0.25) is 5.91 Å². The van der Waals surface area contributed by atoms with Crippen LogP contribution >= 0.6 is 0 Å². The lowest BCUT2D eigenvalue weighted by molar-refractivity contribution is -0.127. The Balaban J connectivity index is 1.46. The number of amides is 2. The van der Waals surface area contributed by atoms with Gasteiger partial charge in [-0.15, -0.1) is 0 Å². The Morgan fingerprint density at radius 2 is 1.79 bits per heavy atom. The number of imidazole rings is 1. The van der Waals surface area contributed by atoms with Gasteiger partial charge in [0, 0.05) is 61.5 Å². The zero-order valence-electron chi connectivity index (χ0n) is 24.8. The number of aryl methyl sites for hydroxylation is 1. The topological polar surface area (TPSA) is 103 Å². The molecule has 5 aromatic rings. The predicted molar refractivity (Wildman–Crippen MR) is 165 cm³/mol. The van der Waals surface area contributed by atoms with E-state index in [9.17, 15) is 9.59 Å². The molecule has 0 aliphatic heterocycles. The van der Waals surface area contributed by atoms with Crippen molar-refractivity contribution in [1.29, 1.82) is 0 Å². The number of pyridine rings is 1. The van der Waals surface area contributed by atoms with E-state index in [2.05, 4.69) is 15.4 Å². The average Bonchev–Trinajstić information content (AvgIpc) is 3.65. The van der Waals surface area contributed by atoms with Crippen LogP contribution in [0.5, 0.6) is 17.2 Å². The summed E-state index contributed by atoms with van der Waals surface area (Å²) in [6, 6.07) is 18.7. The number of nitrogens with zero attached hydrogens (tertiary/aromatic N) is 5. The summed E-state index contributed by atoms with van der Waals surface area (Å²) in [4.78, 5) is 31.0. The molecule has 0 unspecified atom stereocenters. The van der Waals surface area contributed by atoms with Crippen molar-refractivity contribution in [3.8, 4) is 28.5 Å². The number of hydrogen-bond donors (Lipinski definition) is 1. The van der Waals surface area contributed by atoms with Crippen LogP contribution in [-0.4, -0.2) is 41.9 Å². The van der Waals surface area contributed by atoms with Crippen LogP contribution in [0.3, 0.4) is 0 Å². The monoisotopic (exact) mass is 578 g/mol. The molecule has 1 N–H and O–H groups in total.